The van der Waals surface area contributed by atoms with Gasteiger partial charge in [-0.2, -0.15) is 13.2 Å². The van der Waals surface area contributed by atoms with Crippen LogP contribution in [-0.2, 0) is 10.9 Å². The topological polar surface area (TPSA) is 75.8 Å². The lowest BCUT2D eigenvalue weighted by molar-refractivity contribution is -0.137. The summed E-state index contributed by atoms with van der Waals surface area (Å²) in [5.41, 5.74) is 4.43. The van der Waals surface area contributed by atoms with Gasteiger partial charge in [-0.1, -0.05) is 0 Å². The SMILES string of the molecule is Nc1ccc(C(F)(F)F)cc1C(=O)N1CCOCC1CO. The Balaban J connectivity index is 2.33. The Bertz CT molecular complexity index is 534. The zero-order valence-corrected chi connectivity index (χ0v) is 11.1. The number of carbonyl (C=O) groups excluding carboxylic acids is 1. The summed E-state index contributed by atoms with van der Waals surface area (Å²) in [6.45, 7) is 0.270. The van der Waals surface area contributed by atoms with Crippen molar-refractivity contribution in [2.45, 2.75) is 12.2 Å². The number of aliphatic hydroxyl groups is 1. The number of nitrogen functional groups attached to an aromatic ring is 1. The Morgan fingerprint density at radius 3 is 2.81 bits per heavy atom. The van der Waals surface area contributed by atoms with Crippen molar-refractivity contribution in [3.8, 4) is 0 Å². The monoisotopic (exact) mass is 304 g/mol. The molecule has 2 rings (SSSR count). The van der Waals surface area contributed by atoms with Crippen LogP contribution in [0, 0.1) is 0 Å². The zero-order valence-electron chi connectivity index (χ0n) is 11.1. The highest BCUT2D eigenvalue weighted by atomic mass is 19.4. The van der Waals surface area contributed by atoms with Crippen LogP contribution < -0.4 is 5.73 Å². The summed E-state index contributed by atoms with van der Waals surface area (Å²) in [5, 5.41) is 9.23. The smallest absolute Gasteiger partial charge is 0.398 e. The number of carbonyl (C=O) groups is 1. The van der Waals surface area contributed by atoms with E-state index in [2.05, 4.69) is 0 Å². The summed E-state index contributed by atoms with van der Waals surface area (Å²) >= 11 is 0. The molecule has 8 heteroatoms. The molecule has 1 atom stereocenters. The highest BCUT2D eigenvalue weighted by Crippen LogP contribution is 2.31. The van der Waals surface area contributed by atoms with E-state index in [1.54, 1.807) is 0 Å². The van der Waals surface area contributed by atoms with Crippen LogP contribution in [0.5, 0.6) is 0 Å². The molecule has 1 aromatic carbocycles. The first-order chi connectivity index (χ1) is 9.84. The highest BCUT2D eigenvalue weighted by molar-refractivity contribution is 5.99. The molecule has 5 nitrogen and oxygen atoms in total. The maximum Gasteiger partial charge on any atom is 0.416 e. The van der Waals surface area contributed by atoms with E-state index in [1.807, 2.05) is 0 Å². The largest absolute Gasteiger partial charge is 0.416 e. The fraction of sp³-hybridized carbons (Fsp3) is 0.462. The first kappa shape index (κ1) is 15.6. The molecule has 0 radical (unpaired) electrons. The summed E-state index contributed by atoms with van der Waals surface area (Å²) < 4.78 is 43.3. The van der Waals surface area contributed by atoms with Crippen molar-refractivity contribution in [2.24, 2.45) is 0 Å². The third-order valence-corrected chi connectivity index (χ3v) is 3.31. The van der Waals surface area contributed by atoms with Crippen LogP contribution in [0.3, 0.4) is 0 Å². The Morgan fingerprint density at radius 1 is 1.48 bits per heavy atom. The van der Waals surface area contributed by atoms with Crippen molar-refractivity contribution < 1.29 is 27.8 Å². The maximum absolute atomic E-state index is 12.7. The number of hydrogen-bond acceptors (Lipinski definition) is 4. The number of ether oxygens (including phenoxy) is 1. The van der Waals surface area contributed by atoms with Crippen LogP contribution in [0.15, 0.2) is 18.2 Å². The van der Waals surface area contributed by atoms with Crippen LogP contribution in [-0.4, -0.2) is 48.3 Å². The molecule has 0 aromatic heterocycles. The molecule has 116 valence electrons. The minimum absolute atomic E-state index is 0.0313. The molecule has 1 aliphatic heterocycles. The number of anilines is 1. The second-order valence-electron chi connectivity index (χ2n) is 4.71. The molecule has 1 aliphatic rings. The molecule has 0 aliphatic carbocycles. The molecule has 0 spiro atoms. The van der Waals surface area contributed by atoms with E-state index in [1.165, 1.54) is 4.90 Å². The summed E-state index contributed by atoms with van der Waals surface area (Å²) in [5.74, 6) is -0.638. The second kappa shape index (κ2) is 5.90. The number of alkyl halides is 3. The van der Waals surface area contributed by atoms with E-state index < -0.39 is 23.7 Å². The number of aliphatic hydroxyl groups excluding tert-OH is 1. The standard InChI is InChI=1S/C13H15F3N2O3/c14-13(15,16)8-1-2-11(17)10(5-8)12(20)18-3-4-21-7-9(18)6-19/h1-2,5,9,19H,3-4,6-7,17H2. The Morgan fingerprint density at radius 2 is 2.19 bits per heavy atom. The first-order valence-electron chi connectivity index (χ1n) is 6.31. The minimum Gasteiger partial charge on any atom is -0.398 e. The van der Waals surface area contributed by atoms with E-state index in [0.717, 1.165) is 18.2 Å². The number of nitrogens with zero attached hydrogens (tertiary/aromatic N) is 1. The molecule has 1 fully saturated rings. The van der Waals surface area contributed by atoms with Gasteiger partial charge in [0.2, 0.25) is 0 Å². The van der Waals surface area contributed by atoms with Gasteiger partial charge in [-0.25, -0.2) is 0 Å². The van der Waals surface area contributed by atoms with Crippen LogP contribution in [0.4, 0.5) is 18.9 Å². The normalized spacial score (nSPS) is 19.6. The Labute approximate surface area is 119 Å². The van der Waals surface area contributed by atoms with Crippen LogP contribution in [0.2, 0.25) is 0 Å². The molecule has 3 N–H and O–H groups in total. The predicted molar refractivity (Wildman–Crippen MR) is 68.6 cm³/mol. The number of nitrogens with two attached hydrogens (primary N) is 1. The molecule has 1 aromatic rings. The number of halogens is 3. The van der Waals surface area contributed by atoms with Gasteiger partial charge in [0.25, 0.3) is 5.91 Å². The van der Waals surface area contributed by atoms with Gasteiger partial charge < -0.3 is 20.5 Å². The van der Waals surface area contributed by atoms with E-state index in [-0.39, 0.29) is 37.6 Å². The molecule has 0 bridgehead atoms. The van der Waals surface area contributed by atoms with Gasteiger partial charge in [0.15, 0.2) is 0 Å². The second-order valence-corrected chi connectivity index (χ2v) is 4.71. The number of amides is 1. The van der Waals surface area contributed by atoms with Gasteiger partial charge in [0.05, 0.1) is 37.0 Å². The Hall–Kier alpha value is -1.80. The first-order valence-corrected chi connectivity index (χ1v) is 6.31. The van der Waals surface area contributed by atoms with Crippen molar-refractivity contribution in [1.82, 2.24) is 4.90 Å². The molecule has 1 heterocycles. The van der Waals surface area contributed by atoms with E-state index in [4.69, 9.17) is 10.5 Å². The van der Waals surface area contributed by atoms with Crippen molar-refractivity contribution in [2.75, 3.05) is 32.1 Å². The molecule has 1 saturated heterocycles. The lowest BCUT2D eigenvalue weighted by Gasteiger charge is -2.34. The summed E-state index contributed by atoms with van der Waals surface area (Å²) in [7, 11) is 0. The van der Waals surface area contributed by atoms with Crippen LogP contribution in [0.25, 0.3) is 0 Å². The summed E-state index contributed by atoms with van der Waals surface area (Å²) in [4.78, 5) is 13.7. The molecule has 1 amide bonds. The van der Waals surface area contributed by atoms with Gasteiger partial charge in [-0.3, -0.25) is 4.79 Å². The number of hydrogen-bond donors (Lipinski definition) is 2. The average molecular weight is 304 g/mol. The lowest BCUT2D eigenvalue weighted by atomic mass is 10.1. The zero-order chi connectivity index (χ0) is 15.6. The number of morpholine rings is 1. The third-order valence-electron chi connectivity index (χ3n) is 3.31. The van der Waals surface area contributed by atoms with Crippen molar-refractivity contribution in [3.05, 3.63) is 29.3 Å². The highest BCUT2D eigenvalue weighted by Gasteiger charge is 2.33. The van der Waals surface area contributed by atoms with Gasteiger partial charge in [0, 0.05) is 12.2 Å². The molecule has 1 unspecified atom stereocenters. The number of rotatable bonds is 2. The van der Waals surface area contributed by atoms with E-state index in [0.29, 0.717) is 0 Å². The minimum atomic E-state index is -4.55. The van der Waals surface area contributed by atoms with Crippen LogP contribution in [0.1, 0.15) is 15.9 Å². The van der Waals surface area contributed by atoms with Crippen molar-refractivity contribution >= 4 is 11.6 Å². The fourth-order valence-corrected chi connectivity index (χ4v) is 2.15. The van der Waals surface area contributed by atoms with Gasteiger partial charge in [0.1, 0.15) is 0 Å². The Kier molecular flexibility index (Phi) is 4.38. The molecular formula is C13H15F3N2O3. The van der Waals surface area contributed by atoms with Crippen molar-refractivity contribution in [3.63, 3.8) is 0 Å². The molecular weight excluding hydrogens is 289 g/mol. The van der Waals surface area contributed by atoms with Gasteiger partial charge >= 0.3 is 6.18 Å². The van der Waals surface area contributed by atoms with Gasteiger partial charge in [-0.05, 0) is 18.2 Å². The summed E-state index contributed by atoms with van der Waals surface area (Å²) in [6.07, 6.45) is -4.55. The lowest BCUT2D eigenvalue weighted by Crippen LogP contribution is -2.50. The third kappa shape index (κ3) is 3.27. The van der Waals surface area contributed by atoms with Crippen molar-refractivity contribution in [1.29, 1.82) is 0 Å². The number of benzene rings is 1. The maximum atomic E-state index is 12.7. The van der Waals surface area contributed by atoms with E-state index in [9.17, 15) is 23.1 Å². The van der Waals surface area contributed by atoms with Gasteiger partial charge in [-0.15, -0.1) is 0 Å². The average Bonchev–Trinajstić information content (AvgIpc) is 2.45. The molecule has 21 heavy (non-hydrogen) atoms. The predicted octanol–water partition coefficient (Wildman–Crippen LogP) is 1.12. The fourth-order valence-electron chi connectivity index (χ4n) is 2.15. The quantitative estimate of drug-likeness (QED) is 0.803. The summed E-state index contributed by atoms with van der Waals surface area (Å²) in [6, 6.07) is 2.04. The molecule has 0 saturated carbocycles. The van der Waals surface area contributed by atoms with Crippen LogP contribution >= 0.6 is 0 Å². The van der Waals surface area contributed by atoms with E-state index >= 15 is 0 Å².